The summed E-state index contributed by atoms with van der Waals surface area (Å²) < 4.78 is 0. The fourth-order valence-corrected chi connectivity index (χ4v) is 1.30. The number of carboxylic acid groups (broad SMARTS) is 1. The molecule has 1 rings (SSSR count). The molecule has 0 aliphatic heterocycles. The van der Waals surface area contributed by atoms with Crippen LogP contribution in [-0.2, 0) is 9.59 Å². The van der Waals surface area contributed by atoms with E-state index in [1.54, 1.807) is 0 Å². The van der Waals surface area contributed by atoms with E-state index in [9.17, 15) is 24.5 Å². The summed E-state index contributed by atoms with van der Waals surface area (Å²) >= 11 is 0. The first-order valence-corrected chi connectivity index (χ1v) is 4.43. The van der Waals surface area contributed by atoms with E-state index in [-0.39, 0.29) is 29.2 Å². The molecule has 0 fully saturated rings. The Morgan fingerprint density at radius 1 is 1.33 bits per heavy atom. The molecule has 0 unspecified atom stereocenters. The molecule has 18 heavy (non-hydrogen) atoms. The van der Waals surface area contributed by atoms with E-state index in [0.717, 1.165) is 18.2 Å². The van der Waals surface area contributed by atoms with Gasteiger partial charge >= 0.3 is 5.97 Å². The maximum Gasteiger partial charge on any atom is 0.335 e. The predicted octanol–water partition coefficient (Wildman–Crippen LogP) is -0.0503. The molecule has 0 saturated heterocycles. The lowest BCUT2D eigenvalue weighted by Crippen LogP contribution is -2.08. The second kappa shape index (κ2) is 6.21. The van der Waals surface area contributed by atoms with Crippen LogP contribution >= 0.6 is 0 Å². The van der Waals surface area contributed by atoms with Gasteiger partial charge in [-0.1, -0.05) is 0 Å². The normalized spacial score (nSPS) is 9.39. The van der Waals surface area contributed by atoms with Crippen LogP contribution in [0.4, 0.5) is 5.69 Å². The van der Waals surface area contributed by atoms with Gasteiger partial charge in [0.1, 0.15) is 18.5 Å². The molecule has 96 valence electrons. The first kappa shape index (κ1) is 15.4. The Hall–Kier alpha value is -2.61. The van der Waals surface area contributed by atoms with Gasteiger partial charge in [0.2, 0.25) is 0 Å². The van der Waals surface area contributed by atoms with Crippen molar-refractivity contribution in [3.8, 4) is 0 Å². The number of rotatable bonds is 5. The molecule has 8 heteroatoms. The summed E-state index contributed by atoms with van der Waals surface area (Å²) in [7, 11) is 0. The summed E-state index contributed by atoms with van der Waals surface area (Å²) in [5.41, 5.74) is -0.904. The Labute approximate surface area is 100 Å². The number of hydrogen-bond donors (Lipinski definition) is 1. The van der Waals surface area contributed by atoms with Crippen LogP contribution < -0.4 is 0 Å². The second-order valence-electron chi connectivity index (χ2n) is 3.13. The molecule has 0 saturated carbocycles. The van der Waals surface area contributed by atoms with E-state index in [1.165, 1.54) is 0 Å². The van der Waals surface area contributed by atoms with Crippen molar-refractivity contribution in [1.82, 2.24) is 0 Å². The summed E-state index contributed by atoms with van der Waals surface area (Å²) in [5, 5.41) is 19.4. The molecule has 0 bridgehead atoms. The fourth-order valence-electron chi connectivity index (χ4n) is 1.30. The highest BCUT2D eigenvalue weighted by Gasteiger charge is 2.23. The monoisotopic (exact) mass is 255 g/mol. The number of hydrogen-bond acceptors (Lipinski definition) is 5. The Kier molecular flexibility index (Phi) is 5.31. The zero-order valence-corrected chi connectivity index (χ0v) is 8.90. The van der Waals surface area contributed by atoms with Gasteiger partial charge in [0.15, 0.2) is 0 Å². The average Bonchev–Trinajstić information content (AvgIpc) is 2.30. The maximum absolute atomic E-state index is 10.7. The number of carboxylic acids is 1. The van der Waals surface area contributed by atoms with Gasteiger partial charge in [0.25, 0.3) is 5.69 Å². The quantitative estimate of drug-likeness (QED) is 0.337. The Morgan fingerprint density at radius 3 is 2.28 bits per heavy atom. The van der Waals surface area contributed by atoms with Crippen molar-refractivity contribution >= 4 is 24.2 Å². The fraction of sp³-hybridized carbons (Fsp3) is 0.100. The molecule has 1 aromatic rings. The number of carbonyl (C=O) groups is 3. The van der Waals surface area contributed by atoms with E-state index < -0.39 is 22.5 Å². The third kappa shape index (κ3) is 2.95. The Balaban J connectivity index is 0.00000289. The highest BCUT2D eigenvalue weighted by molar-refractivity contribution is 5.91. The number of aromatic carboxylic acids is 1. The summed E-state index contributed by atoms with van der Waals surface area (Å²) in [4.78, 5) is 41.8. The van der Waals surface area contributed by atoms with Crippen molar-refractivity contribution in [2.45, 2.75) is 5.92 Å². The number of nitrogens with zero attached hydrogens (tertiary/aromatic N) is 1. The third-order valence-corrected chi connectivity index (χ3v) is 2.12. The van der Waals surface area contributed by atoms with Crippen LogP contribution in [0.3, 0.4) is 0 Å². The highest BCUT2D eigenvalue weighted by atomic mass is 16.6. The molecule has 0 heterocycles. The Morgan fingerprint density at radius 2 is 1.89 bits per heavy atom. The molecule has 0 aliphatic rings. The molecule has 3 N–H and O–H groups in total. The molecule has 0 aliphatic carbocycles. The van der Waals surface area contributed by atoms with Gasteiger partial charge < -0.3 is 20.2 Å². The van der Waals surface area contributed by atoms with Crippen molar-refractivity contribution in [3.05, 3.63) is 39.4 Å². The zero-order chi connectivity index (χ0) is 13.0. The van der Waals surface area contributed by atoms with E-state index in [2.05, 4.69) is 0 Å². The smallest absolute Gasteiger partial charge is 0.335 e. The molecule has 0 atom stereocenters. The molecule has 0 aromatic heterocycles. The predicted molar refractivity (Wildman–Crippen MR) is 58.5 cm³/mol. The standard InChI is InChI=1S/C10H7NO6.H2O/c12-4-7(5-13)8-3-6(10(14)15)1-2-9(8)11(16)17;/h1-5,7H,(H,14,15);1H2. The van der Waals surface area contributed by atoms with Gasteiger partial charge in [0.05, 0.1) is 10.5 Å². The van der Waals surface area contributed by atoms with Crippen LogP contribution in [0, 0.1) is 10.1 Å². The first-order valence-electron chi connectivity index (χ1n) is 4.43. The lowest BCUT2D eigenvalue weighted by atomic mass is 9.98. The highest BCUT2D eigenvalue weighted by Crippen LogP contribution is 2.25. The summed E-state index contributed by atoms with van der Waals surface area (Å²) in [6, 6.07) is 2.95. The van der Waals surface area contributed by atoms with Gasteiger partial charge in [-0.25, -0.2) is 4.79 Å². The molecular formula is C10H9NO7. The summed E-state index contributed by atoms with van der Waals surface area (Å²) in [6.07, 6.45) is 0.446. The lowest BCUT2D eigenvalue weighted by Gasteiger charge is -2.05. The topological polar surface area (TPSA) is 146 Å². The molecular weight excluding hydrogens is 246 g/mol. The number of carbonyl (C=O) groups excluding carboxylic acids is 2. The molecule has 8 nitrogen and oxygen atoms in total. The maximum atomic E-state index is 10.7. The van der Waals surface area contributed by atoms with Crippen molar-refractivity contribution in [2.75, 3.05) is 0 Å². The van der Waals surface area contributed by atoms with E-state index in [0.29, 0.717) is 0 Å². The van der Waals surface area contributed by atoms with Gasteiger partial charge in [-0.3, -0.25) is 10.1 Å². The number of benzene rings is 1. The van der Waals surface area contributed by atoms with Gasteiger partial charge in [-0.05, 0) is 12.1 Å². The minimum Gasteiger partial charge on any atom is -0.478 e. The van der Waals surface area contributed by atoms with Gasteiger partial charge in [-0.15, -0.1) is 0 Å². The van der Waals surface area contributed by atoms with Crippen LogP contribution in [-0.4, -0.2) is 34.0 Å². The molecule has 1 aromatic carbocycles. The van der Waals surface area contributed by atoms with Crippen LogP contribution in [0.2, 0.25) is 0 Å². The van der Waals surface area contributed by atoms with Gasteiger partial charge in [0, 0.05) is 11.6 Å². The van der Waals surface area contributed by atoms with E-state index in [4.69, 9.17) is 5.11 Å². The average molecular weight is 255 g/mol. The number of nitro benzene ring substituents is 1. The summed E-state index contributed by atoms with van der Waals surface area (Å²) in [5.74, 6) is -2.63. The van der Waals surface area contributed by atoms with E-state index in [1.807, 2.05) is 0 Å². The van der Waals surface area contributed by atoms with Crippen LogP contribution in [0.1, 0.15) is 21.8 Å². The van der Waals surface area contributed by atoms with Crippen molar-refractivity contribution < 1.29 is 29.9 Å². The molecule has 0 amide bonds. The largest absolute Gasteiger partial charge is 0.478 e. The van der Waals surface area contributed by atoms with Crippen LogP contribution in [0.25, 0.3) is 0 Å². The molecule has 0 radical (unpaired) electrons. The molecule has 0 spiro atoms. The van der Waals surface area contributed by atoms with Crippen LogP contribution in [0.15, 0.2) is 18.2 Å². The third-order valence-electron chi connectivity index (χ3n) is 2.12. The second-order valence-corrected chi connectivity index (χ2v) is 3.13. The minimum absolute atomic E-state index is 0. The van der Waals surface area contributed by atoms with Crippen molar-refractivity contribution in [2.24, 2.45) is 0 Å². The minimum atomic E-state index is -1.34. The number of nitro groups is 1. The Bertz CT molecular complexity index is 489. The SMILES string of the molecule is O.O=CC(C=O)c1cc(C(=O)O)ccc1[N+](=O)[O-]. The van der Waals surface area contributed by atoms with Gasteiger partial charge in [-0.2, -0.15) is 0 Å². The van der Waals surface area contributed by atoms with Crippen molar-refractivity contribution in [1.29, 1.82) is 0 Å². The lowest BCUT2D eigenvalue weighted by molar-refractivity contribution is -0.385. The van der Waals surface area contributed by atoms with E-state index >= 15 is 0 Å². The first-order chi connectivity index (χ1) is 8.01. The van der Waals surface area contributed by atoms with Crippen molar-refractivity contribution in [3.63, 3.8) is 0 Å². The summed E-state index contributed by atoms with van der Waals surface area (Å²) in [6.45, 7) is 0. The van der Waals surface area contributed by atoms with Crippen LogP contribution in [0.5, 0.6) is 0 Å². The zero-order valence-electron chi connectivity index (χ0n) is 8.90. The number of aldehydes is 2.